The van der Waals surface area contributed by atoms with E-state index in [0.29, 0.717) is 5.76 Å². The summed E-state index contributed by atoms with van der Waals surface area (Å²) in [5.74, 6) is 0.108. The Morgan fingerprint density at radius 2 is 2.29 bits per heavy atom. The third-order valence-corrected chi connectivity index (χ3v) is 2.36. The van der Waals surface area contributed by atoms with Crippen molar-refractivity contribution in [1.29, 1.82) is 0 Å². The van der Waals surface area contributed by atoms with Crippen LogP contribution >= 0.6 is 0 Å². The zero-order chi connectivity index (χ0) is 12.8. The predicted octanol–water partition coefficient (Wildman–Crippen LogP) is -0.0688. The van der Waals surface area contributed by atoms with E-state index in [9.17, 15) is 9.59 Å². The topological polar surface area (TPSA) is 67.5 Å². The van der Waals surface area contributed by atoms with Gasteiger partial charge in [-0.15, -0.1) is 4.74 Å². The molecule has 1 rings (SSSR count). The van der Waals surface area contributed by atoms with Crippen LogP contribution < -0.4 is 10.9 Å². The fraction of sp³-hybridized carbons (Fsp3) is 0.636. The molecule has 0 unspecified atom stereocenters. The number of nitrogens with one attached hydrogen (secondary N) is 1. The van der Waals surface area contributed by atoms with Crippen LogP contribution in [0.25, 0.3) is 0 Å². The summed E-state index contributed by atoms with van der Waals surface area (Å²) in [6, 6.07) is 1.30. The van der Waals surface area contributed by atoms with Gasteiger partial charge >= 0.3 is 0 Å². The van der Waals surface area contributed by atoms with Crippen LogP contribution in [0.5, 0.6) is 0 Å². The van der Waals surface area contributed by atoms with Gasteiger partial charge in [0.15, 0.2) is 0 Å². The lowest BCUT2D eigenvalue weighted by atomic mass is 10.4. The molecular formula is C11H19N3O3. The molecule has 6 nitrogen and oxygen atoms in total. The number of rotatable bonds is 6. The maximum Gasteiger partial charge on any atom is 0.290 e. The Balaban J connectivity index is 2.49. The fourth-order valence-electron chi connectivity index (χ4n) is 1.52. The molecule has 1 aromatic rings. The summed E-state index contributed by atoms with van der Waals surface area (Å²) in [5, 5.41) is 3.04. The van der Waals surface area contributed by atoms with E-state index in [-0.39, 0.29) is 12.5 Å². The van der Waals surface area contributed by atoms with Crippen molar-refractivity contribution in [2.45, 2.75) is 13.3 Å². The van der Waals surface area contributed by atoms with Gasteiger partial charge in [0.25, 0.3) is 11.5 Å². The molecule has 1 aromatic heterocycles. The second kappa shape index (κ2) is 6.36. The molecule has 1 N–H and O–H groups in total. The monoisotopic (exact) mass is 241 g/mol. The van der Waals surface area contributed by atoms with Crippen molar-refractivity contribution < 1.29 is 9.32 Å². The third kappa shape index (κ3) is 4.16. The highest BCUT2D eigenvalue weighted by molar-refractivity contribution is 5.79. The predicted molar refractivity (Wildman–Crippen MR) is 64.4 cm³/mol. The van der Waals surface area contributed by atoms with Gasteiger partial charge in [0, 0.05) is 6.07 Å². The Labute approximate surface area is 100 Å². The average Bonchev–Trinajstić information content (AvgIpc) is 2.58. The normalized spacial score (nSPS) is 11.1. The van der Waals surface area contributed by atoms with Gasteiger partial charge in [-0.3, -0.25) is 14.5 Å². The first-order chi connectivity index (χ1) is 8.04. The number of carbonyl (C=O) groups is 1. The van der Waals surface area contributed by atoms with Gasteiger partial charge < -0.3 is 9.84 Å². The van der Waals surface area contributed by atoms with Crippen LogP contribution in [0, 0.1) is 6.92 Å². The zero-order valence-electron chi connectivity index (χ0n) is 10.5. The third-order valence-electron chi connectivity index (χ3n) is 2.36. The van der Waals surface area contributed by atoms with E-state index in [0.717, 1.165) is 24.3 Å². The SMILES string of the molecule is CNCCCN(C)CC(=O)n1oc(C)cc1=O. The minimum absolute atomic E-state index is 0.177. The number of aryl methyl sites for hydroxylation is 1. The molecule has 0 atom stereocenters. The van der Waals surface area contributed by atoms with Gasteiger partial charge in [0.05, 0.1) is 6.54 Å². The highest BCUT2D eigenvalue weighted by atomic mass is 16.5. The number of hydrogen-bond acceptors (Lipinski definition) is 5. The van der Waals surface area contributed by atoms with Crippen LogP contribution in [0.4, 0.5) is 0 Å². The largest absolute Gasteiger partial charge is 0.373 e. The molecule has 1 heterocycles. The maximum absolute atomic E-state index is 11.7. The highest BCUT2D eigenvalue weighted by Crippen LogP contribution is 1.94. The Kier molecular flexibility index (Phi) is 5.11. The Hall–Kier alpha value is -1.40. The van der Waals surface area contributed by atoms with E-state index in [4.69, 9.17) is 4.52 Å². The first-order valence-electron chi connectivity index (χ1n) is 5.61. The lowest BCUT2D eigenvalue weighted by Gasteiger charge is -2.14. The van der Waals surface area contributed by atoms with Crippen molar-refractivity contribution in [2.75, 3.05) is 33.7 Å². The van der Waals surface area contributed by atoms with E-state index >= 15 is 0 Å². The van der Waals surface area contributed by atoms with E-state index in [1.165, 1.54) is 6.07 Å². The molecule has 96 valence electrons. The molecule has 17 heavy (non-hydrogen) atoms. The summed E-state index contributed by atoms with van der Waals surface area (Å²) in [4.78, 5) is 24.9. The molecule has 0 aliphatic heterocycles. The first-order valence-corrected chi connectivity index (χ1v) is 5.61. The molecule has 0 saturated carbocycles. The zero-order valence-corrected chi connectivity index (χ0v) is 10.5. The van der Waals surface area contributed by atoms with Crippen molar-refractivity contribution in [3.63, 3.8) is 0 Å². The lowest BCUT2D eigenvalue weighted by molar-refractivity contribution is 0.0730. The molecule has 0 radical (unpaired) electrons. The Bertz CT molecular complexity index is 422. The maximum atomic E-state index is 11.7. The molecule has 0 aliphatic carbocycles. The van der Waals surface area contributed by atoms with Gasteiger partial charge in [0.1, 0.15) is 5.76 Å². The number of aromatic nitrogens is 1. The van der Waals surface area contributed by atoms with E-state index < -0.39 is 5.56 Å². The van der Waals surface area contributed by atoms with E-state index in [1.807, 2.05) is 19.0 Å². The molecular weight excluding hydrogens is 222 g/mol. The van der Waals surface area contributed by atoms with Crippen LogP contribution in [-0.2, 0) is 0 Å². The Morgan fingerprint density at radius 1 is 1.59 bits per heavy atom. The summed E-state index contributed by atoms with van der Waals surface area (Å²) in [5.41, 5.74) is -0.406. The number of carbonyl (C=O) groups excluding carboxylic acids is 1. The van der Waals surface area contributed by atoms with Gasteiger partial charge in [-0.2, -0.15) is 0 Å². The molecule has 0 fully saturated rings. The summed E-state index contributed by atoms with van der Waals surface area (Å²) < 4.78 is 5.83. The molecule has 0 aromatic carbocycles. The smallest absolute Gasteiger partial charge is 0.290 e. The van der Waals surface area contributed by atoms with Gasteiger partial charge in [-0.05, 0) is 40.5 Å². The van der Waals surface area contributed by atoms with Crippen LogP contribution in [0.15, 0.2) is 15.4 Å². The molecule has 0 bridgehead atoms. The molecule has 0 saturated heterocycles. The van der Waals surface area contributed by atoms with Crippen LogP contribution in [0.2, 0.25) is 0 Å². The second-order valence-corrected chi connectivity index (χ2v) is 4.07. The summed E-state index contributed by atoms with van der Waals surface area (Å²) in [6.07, 6.45) is 0.951. The van der Waals surface area contributed by atoms with Crippen LogP contribution in [0.3, 0.4) is 0 Å². The fourth-order valence-corrected chi connectivity index (χ4v) is 1.52. The first kappa shape index (κ1) is 13.7. The summed E-state index contributed by atoms with van der Waals surface area (Å²) in [6.45, 7) is 3.51. The molecule has 0 spiro atoms. The van der Waals surface area contributed by atoms with Crippen molar-refractivity contribution >= 4 is 5.91 Å². The molecule has 0 amide bonds. The average molecular weight is 241 g/mol. The number of likely N-dealkylation sites (N-methyl/N-ethyl adjacent to an activating group) is 1. The summed E-state index contributed by atoms with van der Waals surface area (Å²) >= 11 is 0. The molecule has 0 aliphatic rings. The van der Waals surface area contributed by atoms with Crippen LogP contribution in [-0.4, -0.2) is 49.3 Å². The van der Waals surface area contributed by atoms with Crippen molar-refractivity contribution in [3.05, 3.63) is 22.2 Å². The second-order valence-electron chi connectivity index (χ2n) is 4.07. The standard InChI is InChI=1S/C11H19N3O3/c1-9-7-10(15)14(17-9)11(16)8-13(3)6-4-5-12-2/h7,12H,4-6,8H2,1-3H3. The van der Waals surface area contributed by atoms with Crippen molar-refractivity contribution in [3.8, 4) is 0 Å². The quantitative estimate of drug-likeness (QED) is 0.706. The number of hydrogen-bond donors (Lipinski definition) is 1. The van der Waals surface area contributed by atoms with Gasteiger partial charge in [0.2, 0.25) is 0 Å². The van der Waals surface area contributed by atoms with Gasteiger partial charge in [-0.25, -0.2) is 0 Å². The summed E-state index contributed by atoms with van der Waals surface area (Å²) in [7, 11) is 3.73. The minimum atomic E-state index is -0.406. The number of nitrogens with zero attached hydrogens (tertiary/aromatic N) is 2. The van der Waals surface area contributed by atoms with Gasteiger partial charge in [-0.1, -0.05) is 0 Å². The van der Waals surface area contributed by atoms with E-state index in [2.05, 4.69) is 5.32 Å². The van der Waals surface area contributed by atoms with Crippen molar-refractivity contribution in [1.82, 2.24) is 15.0 Å². The Morgan fingerprint density at radius 3 is 2.82 bits per heavy atom. The van der Waals surface area contributed by atoms with Crippen molar-refractivity contribution in [2.24, 2.45) is 0 Å². The van der Waals surface area contributed by atoms with Crippen LogP contribution in [0.1, 0.15) is 17.0 Å². The van der Waals surface area contributed by atoms with E-state index in [1.54, 1.807) is 6.92 Å². The molecule has 6 heteroatoms. The minimum Gasteiger partial charge on any atom is -0.373 e. The highest BCUT2D eigenvalue weighted by Gasteiger charge is 2.13. The lowest BCUT2D eigenvalue weighted by Crippen LogP contribution is -2.34.